The Labute approximate surface area is 93.7 Å². The van der Waals surface area contributed by atoms with Crippen molar-refractivity contribution >= 4 is 6.08 Å². The fourth-order valence-electron chi connectivity index (χ4n) is 1.50. The van der Waals surface area contributed by atoms with Crippen LogP contribution in [0, 0.1) is 17.1 Å². The molecule has 0 saturated heterocycles. The zero-order valence-corrected chi connectivity index (χ0v) is 8.25. The van der Waals surface area contributed by atoms with Crippen LogP contribution in [0.2, 0.25) is 0 Å². The van der Waals surface area contributed by atoms with Crippen molar-refractivity contribution in [1.82, 2.24) is 0 Å². The van der Waals surface area contributed by atoms with Crippen molar-refractivity contribution in [1.29, 1.82) is 5.26 Å². The zero-order chi connectivity index (χ0) is 12.6. The van der Waals surface area contributed by atoms with Gasteiger partial charge in [-0.3, -0.25) is 0 Å². The molecule has 17 heavy (non-hydrogen) atoms. The van der Waals surface area contributed by atoms with Gasteiger partial charge < -0.3 is 4.74 Å². The topological polar surface area (TPSA) is 33.0 Å². The van der Waals surface area contributed by atoms with Crippen LogP contribution >= 0.6 is 0 Å². The van der Waals surface area contributed by atoms with E-state index in [0.29, 0.717) is 0 Å². The highest BCUT2D eigenvalue weighted by molar-refractivity contribution is 5.66. The third kappa shape index (κ3) is 2.09. The van der Waals surface area contributed by atoms with Crippen LogP contribution in [0.1, 0.15) is 5.56 Å². The Bertz CT molecular complexity index is 527. The molecule has 1 aliphatic rings. The molecule has 1 aliphatic heterocycles. The highest BCUT2D eigenvalue weighted by Gasteiger charge is 2.46. The Hall–Kier alpha value is -2.03. The first-order valence-corrected chi connectivity index (χ1v) is 4.56. The average molecular weight is 243 g/mol. The molecule has 0 bridgehead atoms. The largest absolute Gasteiger partial charge is 0.475 e. The summed E-state index contributed by atoms with van der Waals surface area (Å²) in [6, 6.07) is 4.64. The van der Waals surface area contributed by atoms with Gasteiger partial charge in [-0.25, -0.2) is 4.39 Å². The first kappa shape index (κ1) is 11.5. The van der Waals surface area contributed by atoms with Crippen molar-refractivity contribution in [2.45, 2.75) is 12.3 Å². The van der Waals surface area contributed by atoms with Crippen LogP contribution in [0.25, 0.3) is 6.08 Å². The van der Waals surface area contributed by atoms with E-state index in [2.05, 4.69) is 4.74 Å². The van der Waals surface area contributed by atoms with Gasteiger partial charge in [-0.15, -0.1) is 0 Å². The molecule has 2 rings (SSSR count). The van der Waals surface area contributed by atoms with Crippen LogP contribution in [0.15, 0.2) is 23.8 Å². The third-order valence-corrected chi connectivity index (χ3v) is 2.24. The maximum atomic E-state index is 12.9. The molecule has 0 saturated carbocycles. The van der Waals surface area contributed by atoms with Crippen molar-refractivity contribution in [3.8, 4) is 11.8 Å². The molecule has 0 aromatic heterocycles. The fourth-order valence-corrected chi connectivity index (χ4v) is 1.50. The molecule has 0 fully saturated rings. The molecule has 1 heterocycles. The second-order valence-corrected chi connectivity index (χ2v) is 3.43. The Morgan fingerprint density at radius 2 is 2.00 bits per heavy atom. The van der Waals surface area contributed by atoms with Gasteiger partial charge in [0.25, 0.3) is 0 Å². The van der Waals surface area contributed by atoms with E-state index in [1.165, 1.54) is 12.1 Å². The van der Waals surface area contributed by atoms with E-state index in [1.54, 1.807) is 0 Å². The van der Waals surface area contributed by atoms with E-state index < -0.39 is 23.7 Å². The van der Waals surface area contributed by atoms with E-state index in [4.69, 9.17) is 5.26 Å². The van der Waals surface area contributed by atoms with E-state index in [1.807, 2.05) is 0 Å². The Kier molecular flexibility index (Phi) is 2.54. The van der Waals surface area contributed by atoms with Crippen LogP contribution in [-0.2, 0) is 0 Å². The number of nitriles is 1. The minimum atomic E-state index is -4.70. The zero-order valence-electron chi connectivity index (χ0n) is 8.25. The molecule has 0 radical (unpaired) electrons. The quantitative estimate of drug-likeness (QED) is 0.656. The van der Waals surface area contributed by atoms with Gasteiger partial charge in [0.15, 0.2) is 0 Å². The Morgan fingerprint density at radius 1 is 1.29 bits per heavy atom. The number of fused-ring (bicyclic) bond motifs is 1. The molecule has 1 aromatic carbocycles. The number of rotatable bonds is 0. The van der Waals surface area contributed by atoms with Crippen molar-refractivity contribution in [2.75, 3.05) is 0 Å². The number of hydrogen-bond acceptors (Lipinski definition) is 2. The molecule has 1 atom stereocenters. The summed E-state index contributed by atoms with van der Waals surface area (Å²) in [6.07, 6.45) is -5.98. The van der Waals surface area contributed by atoms with Crippen LogP contribution < -0.4 is 4.74 Å². The Balaban J connectivity index is 2.50. The van der Waals surface area contributed by atoms with Crippen LogP contribution in [0.3, 0.4) is 0 Å². The molecule has 0 amide bonds. The lowest BCUT2D eigenvalue weighted by Gasteiger charge is -2.25. The number of halogens is 4. The molecule has 1 unspecified atom stereocenters. The first-order chi connectivity index (χ1) is 7.91. The molecule has 88 valence electrons. The number of ether oxygens (including phenoxy) is 1. The fraction of sp³-hybridized carbons (Fsp3) is 0.182. The number of nitrogens with zero attached hydrogens (tertiary/aromatic N) is 1. The lowest BCUT2D eigenvalue weighted by Crippen LogP contribution is -2.37. The summed E-state index contributed by atoms with van der Waals surface area (Å²) in [5.74, 6) is -0.912. The van der Waals surface area contributed by atoms with Gasteiger partial charge in [-0.05, 0) is 18.2 Å². The predicted molar refractivity (Wildman–Crippen MR) is 50.5 cm³/mol. The lowest BCUT2D eigenvalue weighted by atomic mass is 10.0. The number of alkyl halides is 3. The van der Waals surface area contributed by atoms with Gasteiger partial charge in [-0.1, -0.05) is 0 Å². The van der Waals surface area contributed by atoms with Crippen molar-refractivity contribution < 1.29 is 22.3 Å². The molecule has 0 N–H and O–H groups in total. The highest BCUT2D eigenvalue weighted by Crippen LogP contribution is 2.36. The minimum Gasteiger partial charge on any atom is -0.475 e. The maximum Gasteiger partial charge on any atom is 0.430 e. The SMILES string of the molecule is N#CC1=Cc2ccc(F)cc2OC1C(F)(F)F. The van der Waals surface area contributed by atoms with Crippen molar-refractivity contribution in [2.24, 2.45) is 0 Å². The van der Waals surface area contributed by atoms with E-state index in [0.717, 1.165) is 18.2 Å². The van der Waals surface area contributed by atoms with Gasteiger partial charge in [0.05, 0.1) is 11.6 Å². The third-order valence-electron chi connectivity index (χ3n) is 2.24. The van der Waals surface area contributed by atoms with Gasteiger partial charge in [0.2, 0.25) is 6.10 Å². The first-order valence-electron chi connectivity index (χ1n) is 4.56. The maximum absolute atomic E-state index is 12.9. The van der Waals surface area contributed by atoms with Crippen molar-refractivity contribution in [3.63, 3.8) is 0 Å². The van der Waals surface area contributed by atoms with Gasteiger partial charge in [0, 0.05) is 11.6 Å². The summed E-state index contributed by atoms with van der Waals surface area (Å²) < 4.78 is 55.2. The monoisotopic (exact) mass is 243 g/mol. The average Bonchev–Trinajstić information content (AvgIpc) is 2.26. The number of benzene rings is 1. The lowest BCUT2D eigenvalue weighted by molar-refractivity contribution is -0.182. The molecule has 6 heteroatoms. The predicted octanol–water partition coefficient (Wildman–Crippen LogP) is 3.06. The summed E-state index contributed by atoms with van der Waals surface area (Å²) in [5.41, 5.74) is -0.292. The van der Waals surface area contributed by atoms with Gasteiger partial charge in [0.1, 0.15) is 11.6 Å². The molecule has 1 aromatic rings. The van der Waals surface area contributed by atoms with Gasteiger partial charge >= 0.3 is 6.18 Å². The second-order valence-electron chi connectivity index (χ2n) is 3.43. The van der Waals surface area contributed by atoms with Crippen LogP contribution in [0.5, 0.6) is 5.75 Å². The smallest absolute Gasteiger partial charge is 0.430 e. The molecule has 0 aliphatic carbocycles. The molecular formula is C11H5F4NO. The summed E-state index contributed by atoms with van der Waals surface area (Å²) in [5, 5.41) is 8.63. The number of hydrogen-bond donors (Lipinski definition) is 0. The second kappa shape index (κ2) is 3.77. The molecular weight excluding hydrogens is 238 g/mol. The van der Waals surface area contributed by atoms with Crippen LogP contribution in [-0.4, -0.2) is 12.3 Å². The standard InChI is InChI=1S/C11H5F4NO/c12-8-2-1-6-3-7(5-16)10(11(13,14)15)17-9(6)4-8/h1-4,10H. The van der Waals surface area contributed by atoms with Crippen LogP contribution in [0.4, 0.5) is 17.6 Å². The molecule has 2 nitrogen and oxygen atoms in total. The normalized spacial score (nSPS) is 18.8. The van der Waals surface area contributed by atoms with Gasteiger partial charge in [-0.2, -0.15) is 18.4 Å². The summed E-state index contributed by atoms with van der Waals surface area (Å²) in [7, 11) is 0. The van der Waals surface area contributed by atoms with Crippen molar-refractivity contribution in [3.05, 3.63) is 35.2 Å². The molecule has 0 spiro atoms. The highest BCUT2D eigenvalue weighted by atomic mass is 19.4. The van der Waals surface area contributed by atoms with E-state index in [-0.39, 0.29) is 11.3 Å². The summed E-state index contributed by atoms with van der Waals surface area (Å²) >= 11 is 0. The van der Waals surface area contributed by atoms with E-state index >= 15 is 0 Å². The Morgan fingerprint density at radius 3 is 2.59 bits per heavy atom. The summed E-state index contributed by atoms with van der Waals surface area (Å²) in [4.78, 5) is 0. The summed E-state index contributed by atoms with van der Waals surface area (Å²) in [6.45, 7) is 0. The van der Waals surface area contributed by atoms with E-state index in [9.17, 15) is 17.6 Å². The minimum absolute atomic E-state index is 0.216.